The van der Waals surface area contributed by atoms with E-state index < -0.39 is 6.10 Å². The minimum Gasteiger partial charge on any atom is -0.481 e. The number of imidazole rings is 1. The standard InChI is InChI=1S/C18H16ClN3O2/c1-13(24-17-7-2-4-14(19)10-17)18(23)21-15-5-3-6-16(11-15)22-9-8-20-12-22/h2-13H,1H3,(H,21,23)/t13-/m1/s1. The van der Waals surface area contributed by atoms with Gasteiger partial charge in [-0.1, -0.05) is 23.7 Å². The van der Waals surface area contributed by atoms with Crippen molar-refractivity contribution in [2.75, 3.05) is 5.32 Å². The van der Waals surface area contributed by atoms with E-state index in [4.69, 9.17) is 16.3 Å². The van der Waals surface area contributed by atoms with E-state index in [-0.39, 0.29) is 5.91 Å². The summed E-state index contributed by atoms with van der Waals surface area (Å²) in [4.78, 5) is 16.3. The van der Waals surface area contributed by atoms with E-state index in [2.05, 4.69) is 10.3 Å². The number of hydrogen-bond acceptors (Lipinski definition) is 3. The van der Waals surface area contributed by atoms with E-state index in [0.717, 1.165) is 5.69 Å². The van der Waals surface area contributed by atoms with E-state index in [1.54, 1.807) is 43.7 Å². The summed E-state index contributed by atoms with van der Waals surface area (Å²) in [6.45, 7) is 1.69. The van der Waals surface area contributed by atoms with Gasteiger partial charge in [-0.05, 0) is 43.3 Å². The molecule has 2 aromatic carbocycles. The third-order valence-electron chi connectivity index (χ3n) is 3.39. The number of nitrogens with one attached hydrogen (secondary N) is 1. The molecular formula is C18H16ClN3O2. The van der Waals surface area contributed by atoms with Crippen molar-refractivity contribution in [3.8, 4) is 11.4 Å². The molecule has 6 heteroatoms. The predicted octanol–water partition coefficient (Wildman–Crippen LogP) is 3.93. The van der Waals surface area contributed by atoms with Crippen LogP contribution in [0.5, 0.6) is 5.75 Å². The summed E-state index contributed by atoms with van der Waals surface area (Å²) >= 11 is 5.92. The number of benzene rings is 2. The van der Waals surface area contributed by atoms with E-state index in [1.807, 2.05) is 35.0 Å². The van der Waals surface area contributed by atoms with Crippen LogP contribution in [0, 0.1) is 0 Å². The smallest absolute Gasteiger partial charge is 0.265 e. The summed E-state index contributed by atoms with van der Waals surface area (Å²) in [7, 11) is 0. The number of halogens is 1. The first-order valence-corrected chi connectivity index (χ1v) is 7.81. The van der Waals surface area contributed by atoms with Crippen molar-refractivity contribution < 1.29 is 9.53 Å². The molecule has 0 fully saturated rings. The average molecular weight is 342 g/mol. The number of nitrogens with zero attached hydrogens (tertiary/aromatic N) is 2. The molecule has 0 spiro atoms. The Bertz CT molecular complexity index is 834. The number of carbonyl (C=O) groups is 1. The van der Waals surface area contributed by atoms with Crippen LogP contribution in [-0.2, 0) is 4.79 Å². The zero-order valence-corrected chi connectivity index (χ0v) is 13.8. The minimum atomic E-state index is -0.652. The first-order chi connectivity index (χ1) is 11.6. The van der Waals surface area contributed by atoms with Crippen molar-refractivity contribution in [3.63, 3.8) is 0 Å². The highest BCUT2D eigenvalue weighted by Crippen LogP contribution is 2.19. The zero-order chi connectivity index (χ0) is 16.9. The second kappa shape index (κ2) is 7.19. The third-order valence-corrected chi connectivity index (χ3v) is 3.63. The SMILES string of the molecule is C[C@@H](Oc1cccc(Cl)c1)C(=O)Nc1cccc(-n2ccnc2)c1. The molecule has 1 heterocycles. The monoisotopic (exact) mass is 341 g/mol. The number of anilines is 1. The molecule has 1 atom stereocenters. The fraction of sp³-hybridized carbons (Fsp3) is 0.111. The number of carbonyl (C=O) groups excluding carboxylic acids is 1. The van der Waals surface area contributed by atoms with Crippen LogP contribution in [-0.4, -0.2) is 21.6 Å². The van der Waals surface area contributed by atoms with E-state index in [0.29, 0.717) is 16.5 Å². The van der Waals surface area contributed by atoms with Crippen LogP contribution in [0.4, 0.5) is 5.69 Å². The molecule has 122 valence electrons. The number of ether oxygens (including phenoxy) is 1. The first-order valence-electron chi connectivity index (χ1n) is 7.43. The number of hydrogen-bond donors (Lipinski definition) is 1. The van der Waals surface area contributed by atoms with Crippen LogP contribution in [0.3, 0.4) is 0 Å². The van der Waals surface area contributed by atoms with Crippen molar-refractivity contribution in [3.05, 3.63) is 72.3 Å². The molecule has 0 aliphatic heterocycles. The highest BCUT2D eigenvalue weighted by Gasteiger charge is 2.15. The lowest BCUT2D eigenvalue weighted by Crippen LogP contribution is -2.30. The zero-order valence-electron chi connectivity index (χ0n) is 13.0. The van der Waals surface area contributed by atoms with Crippen molar-refractivity contribution in [2.45, 2.75) is 13.0 Å². The average Bonchev–Trinajstić information content (AvgIpc) is 3.09. The topological polar surface area (TPSA) is 56.1 Å². The van der Waals surface area contributed by atoms with Gasteiger partial charge in [-0.3, -0.25) is 4.79 Å². The maximum Gasteiger partial charge on any atom is 0.265 e. The lowest BCUT2D eigenvalue weighted by molar-refractivity contribution is -0.122. The van der Waals surface area contributed by atoms with Crippen molar-refractivity contribution in [2.24, 2.45) is 0 Å². The van der Waals surface area contributed by atoms with Gasteiger partial charge in [-0.25, -0.2) is 4.98 Å². The van der Waals surface area contributed by atoms with Gasteiger partial charge in [0.25, 0.3) is 5.91 Å². The molecule has 1 N–H and O–H groups in total. The van der Waals surface area contributed by atoms with Gasteiger partial charge in [0.05, 0.1) is 6.33 Å². The summed E-state index contributed by atoms with van der Waals surface area (Å²) in [6.07, 6.45) is 4.59. The Hall–Kier alpha value is -2.79. The Kier molecular flexibility index (Phi) is 4.82. The summed E-state index contributed by atoms with van der Waals surface area (Å²) in [5.41, 5.74) is 1.60. The van der Waals surface area contributed by atoms with Crippen LogP contribution in [0.1, 0.15) is 6.92 Å². The Labute approximate surface area is 144 Å². The molecule has 5 nitrogen and oxygen atoms in total. The molecule has 0 saturated heterocycles. The quantitative estimate of drug-likeness (QED) is 0.765. The van der Waals surface area contributed by atoms with Crippen LogP contribution < -0.4 is 10.1 Å². The van der Waals surface area contributed by atoms with Gasteiger partial charge in [0.15, 0.2) is 6.10 Å². The molecule has 1 amide bonds. The van der Waals surface area contributed by atoms with Gasteiger partial charge in [0.2, 0.25) is 0 Å². The second-order valence-corrected chi connectivity index (χ2v) is 5.66. The van der Waals surface area contributed by atoms with E-state index >= 15 is 0 Å². The van der Waals surface area contributed by atoms with Gasteiger partial charge in [-0.15, -0.1) is 0 Å². The van der Waals surface area contributed by atoms with Crippen molar-refractivity contribution >= 4 is 23.2 Å². The highest BCUT2D eigenvalue weighted by molar-refractivity contribution is 6.30. The second-order valence-electron chi connectivity index (χ2n) is 5.23. The fourth-order valence-corrected chi connectivity index (χ4v) is 2.38. The van der Waals surface area contributed by atoms with Crippen molar-refractivity contribution in [1.82, 2.24) is 9.55 Å². The molecule has 1 aromatic heterocycles. The van der Waals surface area contributed by atoms with Crippen molar-refractivity contribution in [1.29, 1.82) is 0 Å². The van der Waals surface area contributed by atoms with Crippen LogP contribution in [0.25, 0.3) is 5.69 Å². The number of rotatable bonds is 5. The molecule has 0 radical (unpaired) electrons. The highest BCUT2D eigenvalue weighted by atomic mass is 35.5. The summed E-state index contributed by atoms with van der Waals surface area (Å²) in [6, 6.07) is 14.4. The van der Waals surface area contributed by atoms with Gasteiger partial charge < -0.3 is 14.6 Å². The molecule has 0 aliphatic rings. The molecule has 3 aromatic rings. The summed E-state index contributed by atoms with van der Waals surface area (Å²) in [5.74, 6) is 0.315. The van der Waals surface area contributed by atoms with Crippen LogP contribution in [0.2, 0.25) is 5.02 Å². The number of amides is 1. The Morgan fingerprint density at radius 2 is 2.08 bits per heavy atom. The summed E-state index contributed by atoms with van der Waals surface area (Å²) in [5, 5.41) is 3.41. The fourth-order valence-electron chi connectivity index (χ4n) is 2.20. The molecule has 0 bridgehead atoms. The summed E-state index contributed by atoms with van der Waals surface area (Å²) < 4.78 is 7.48. The van der Waals surface area contributed by atoms with Gasteiger partial charge in [0, 0.05) is 28.8 Å². The largest absolute Gasteiger partial charge is 0.481 e. The number of aromatic nitrogens is 2. The molecular weight excluding hydrogens is 326 g/mol. The third kappa shape index (κ3) is 3.94. The lowest BCUT2D eigenvalue weighted by atomic mass is 10.2. The normalized spacial score (nSPS) is 11.8. The maximum atomic E-state index is 12.3. The van der Waals surface area contributed by atoms with Crippen LogP contribution >= 0.6 is 11.6 Å². The Balaban J connectivity index is 1.67. The maximum absolute atomic E-state index is 12.3. The molecule has 0 aliphatic carbocycles. The lowest BCUT2D eigenvalue weighted by Gasteiger charge is -2.15. The molecule has 3 rings (SSSR count). The minimum absolute atomic E-state index is 0.238. The van der Waals surface area contributed by atoms with Crippen LogP contribution in [0.15, 0.2) is 67.3 Å². The molecule has 0 unspecified atom stereocenters. The van der Waals surface area contributed by atoms with Gasteiger partial charge in [-0.2, -0.15) is 0 Å². The first kappa shape index (κ1) is 16.1. The van der Waals surface area contributed by atoms with E-state index in [9.17, 15) is 4.79 Å². The Morgan fingerprint density at radius 3 is 2.83 bits per heavy atom. The molecule has 0 saturated carbocycles. The predicted molar refractivity (Wildman–Crippen MR) is 93.7 cm³/mol. The van der Waals surface area contributed by atoms with E-state index in [1.165, 1.54) is 0 Å². The van der Waals surface area contributed by atoms with Gasteiger partial charge in [0.1, 0.15) is 5.75 Å². The Morgan fingerprint density at radius 1 is 1.25 bits per heavy atom. The molecule has 24 heavy (non-hydrogen) atoms. The van der Waals surface area contributed by atoms with Gasteiger partial charge >= 0.3 is 0 Å².